The molecule has 1 atom stereocenters. The quantitative estimate of drug-likeness (QED) is 0.559. The van der Waals surface area contributed by atoms with E-state index in [1.165, 1.54) is 0 Å². The van der Waals surface area contributed by atoms with Crippen molar-refractivity contribution in [3.8, 4) is 0 Å². The number of pyridine rings is 1. The minimum absolute atomic E-state index is 0.151. The summed E-state index contributed by atoms with van der Waals surface area (Å²) in [4.78, 5) is 19.9. The van der Waals surface area contributed by atoms with Gasteiger partial charge in [0, 0.05) is 20.0 Å². The Labute approximate surface area is 115 Å². The van der Waals surface area contributed by atoms with Gasteiger partial charge < -0.3 is 20.6 Å². The first kappa shape index (κ1) is 11.4. The summed E-state index contributed by atoms with van der Waals surface area (Å²) in [6, 6.07) is 4.08. The van der Waals surface area contributed by atoms with E-state index in [2.05, 4.69) is 35.6 Å². The van der Waals surface area contributed by atoms with E-state index < -0.39 is 0 Å². The highest BCUT2D eigenvalue weighted by atomic mass is 15.1. The second-order valence-corrected chi connectivity index (χ2v) is 4.91. The SMILES string of the molecule is CNc1ccc2[nH]c(C3Cc4nc[nH]c4CN3)nc2n1. The van der Waals surface area contributed by atoms with Crippen molar-refractivity contribution < 1.29 is 0 Å². The lowest BCUT2D eigenvalue weighted by Crippen LogP contribution is -2.29. The normalized spacial score (nSPS) is 18.1. The molecule has 0 saturated heterocycles. The molecule has 0 radical (unpaired) electrons. The molecule has 1 unspecified atom stereocenters. The number of nitrogens with one attached hydrogen (secondary N) is 4. The number of aromatic nitrogens is 5. The van der Waals surface area contributed by atoms with E-state index in [0.29, 0.717) is 0 Å². The van der Waals surface area contributed by atoms with Gasteiger partial charge in [-0.2, -0.15) is 0 Å². The van der Waals surface area contributed by atoms with E-state index >= 15 is 0 Å². The maximum atomic E-state index is 4.60. The third-order valence-electron chi connectivity index (χ3n) is 3.68. The molecule has 4 rings (SSSR count). The topological polar surface area (TPSA) is 94.3 Å². The molecular weight excluding hydrogens is 254 g/mol. The number of rotatable bonds is 2. The highest BCUT2D eigenvalue weighted by Gasteiger charge is 2.23. The van der Waals surface area contributed by atoms with Crippen LogP contribution in [0.4, 0.5) is 5.82 Å². The van der Waals surface area contributed by atoms with Crippen molar-refractivity contribution in [1.29, 1.82) is 0 Å². The monoisotopic (exact) mass is 269 g/mol. The lowest BCUT2D eigenvalue weighted by molar-refractivity contribution is 0.472. The zero-order valence-corrected chi connectivity index (χ0v) is 11.1. The Balaban J connectivity index is 1.69. The highest BCUT2D eigenvalue weighted by molar-refractivity contribution is 5.73. The summed E-state index contributed by atoms with van der Waals surface area (Å²) in [6.45, 7) is 0.784. The highest BCUT2D eigenvalue weighted by Crippen LogP contribution is 2.23. The van der Waals surface area contributed by atoms with Crippen LogP contribution in [-0.2, 0) is 13.0 Å². The second kappa shape index (κ2) is 4.31. The standard InChI is InChI=1S/C13H15N7/c1-14-11-3-2-7-12(19-11)20-13(18-7)9-4-8-10(5-15-9)17-6-16-8/h2-3,6,9,15H,4-5H2,1H3,(H,16,17)(H2,14,18,19,20). The Morgan fingerprint density at radius 1 is 1.30 bits per heavy atom. The van der Waals surface area contributed by atoms with Gasteiger partial charge >= 0.3 is 0 Å². The van der Waals surface area contributed by atoms with Gasteiger partial charge in [-0.25, -0.2) is 15.0 Å². The zero-order valence-electron chi connectivity index (χ0n) is 11.1. The number of hydrogen-bond acceptors (Lipinski definition) is 5. The van der Waals surface area contributed by atoms with Crippen LogP contribution in [-0.4, -0.2) is 32.0 Å². The Morgan fingerprint density at radius 3 is 3.15 bits per heavy atom. The van der Waals surface area contributed by atoms with Crippen LogP contribution >= 0.6 is 0 Å². The van der Waals surface area contributed by atoms with Crippen LogP contribution in [0.25, 0.3) is 11.2 Å². The molecule has 3 aromatic heterocycles. The lowest BCUT2D eigenvalue weighted by Gasteiger charge is -2.20. The molecule has 0 aromatic carbocycles. The molecule has 0 amide bonds. The first-order valence-corrected chi connectivity index (χ1v) is 6.62. The minimum atomic E-state index is 0.151. The third-order valence-corrected chi connectivity index (χ3v) is 3.68. The van der Waals surface area contributed by atoms with Crippen LogP contribution < -0.4 is 10.6 Å². The molecule has 7 nitrogen and oxygen atoms in total. The lowest BCUT2D eigenvalue weighted by atomic mass is 10.1. The van der Waals surface area contributed by atoms with Crippen molar-refractivity contribution in [1.82, 2.24) is 30.2 Å². The van der Waals surface area contributed by atoms with Gasteiger partial charge in [0.1, 0.15) is 11.6 Å². The molecule has 1 aliphatic heterocycles. The van der Waals surface area contributed by atoms with Gasteiger partial charge in [0.2, 0.25) is 0 Å². The van der Waals surface area contributed by atoms with E-state index in [1.807, 2.05) is 19.2 Å². The van der Waals surface area contributed by atoms with Crippen LogP contribution in [0.15, 0.2) is 18.5 Å². The van der Waals surface area contributed by atoms with Gasteiger partial charge in [-0.3, -0.25) is 0 Å². The fraction of sp³-hybridized carbons (Fsp3) is 0.308. The van der Waals surface area contributed by atoms with Gasteiger partial charge in [-0.1, -0.05) is 0 Å². The number of hydrogen-bond donors (Lipinski definition) is 4. The molecule has 3 aromatic rings. The molecule has 102 valence electrons. The van der Waals surface area contributed by atoms with Crippen LogP contribution in [0.1, 0.15) is 23.3 Å². The molecule has 0 saturated carbocycles. The van der Waals surface area contributed by atoms with Gasteiger partial charge in [-0.05, 0) is 12.1 Å². The Bertz CT molecular complexity index is 757. The van der Waals surface area contributed by atoms with Crippen LogP contribution in [0, 0.1) is 0 Å². The van der Waals surface area contributed by atoms with Crippen molar-refractivity contribution in [3.05, 3.63) is 35.7 Å². The van der Waals surface area contributed by atoms with Gasteiger partial charge in [0.25, 0.3) is 0 Å². The van der Waals surface area contributed by atoms with E-state index in [-0.39, 0.29) is 6.04 Å². The summed E-state index contributed by atoms with van der Waals surface area (Å²) in [7, 11) is 1.85. The van der Waals surface area contributed by atoms with Crippen LogP contribution in [0.5, 0.6) is 0 Å². The molecule has 20 heavy (non-hydrogen) atoms. The van der Waals surface area contributed by atoms with Gasteiger partial charge in [0.05, 0.1) is 29.3 Å². The summed E-state index contributed by atoms with van der Waals surface area (Å²) in [5, 5.41) is 6.48. The number of H-pyrrole nitrogens is 2. The summed E-state index contributed by atoms with van der Waals surface area (Å²) < 4.78 is 0. The molecule has 0 aliphatic carbocycles. The van der Waals surface area contributed by atoms with Crippen molar-refractivity contribution in [3.63, 3.8) is 0 Å². The first-order valence-electron chi connectivity index (χ1n) is 6.62. The predicted molar refractivity (Wildman–Crippen MR) is 75.3 cm³/mol. The Hall–Kier alpha value is -2.41. The van der Waals surface area contributed by atoms with E-state index in [9.17, 15) is 0 Å². The van der Waals surface area contributed by atoms with Crippen molar-refractivity contribution in [2.75, 3.05) is 12.4 Å². The average molecular weight is 269 g/mol. The molecule has 0 fully saturated rings. The number of imidazole rings is 2. The molecule has 1 aliphatic rings. The van der Waals surface area contributed by atoms with E-state index in [4.69, 9.17) is 0 Å². The first-order chi connectivity index (χ1) is 9.83. The maximum absolute atomic E-state index is 4.60. The summed E-state index contributed by atoms with van der Waals surface area (Å²) in [5.74, 6) is 1.73. The minimum Gasteiger partial charge on any atom is -0.373 e. The molecular formula is C13H15N7. The molecule has 7 heteroatoms. The van der Waals surface area contributed by atoms with E-state index in [1.54, 1.807) is 6.33 Å². The summed E-state index contributed by atoms with van der Waals surface area (Å²) in [6.07, 6.45) is 2.58. The maximum Gasteiger partial charge on any atom is 0.179 e. The third kappa shape index (κ3) is 1.75. The van der Waals surface area contributed by atoms with E-state index in [0.717, 1.165) is 47.2 Å². The molecule has 0 spiro atoms. The zero-order chi connectivity index (χ0) is 13.5. The Morgan fingerprint density at radius 2 is 2.25 bits per heavy atom. The summed E-state index contributed by atoms with van der Waals surface area (Å²) in [5.41, 5.74) is 3.96. The molecule has 4 heterocycles. The van der Waals surface area contributed by atoms with Crippen LogP contribution in [0.3, 0.4) is 0 Å². The largest absolute Gasteiger partial charge is 0.373 e. The molecule has 0 bridgehead atoms. The van der Waals surface area contributed by atoms with Crippen molar-refractivity contribution in [2.45, 2.75) is 19.0 Å². The number of aromatic amines is 2. The second-order valence-electron chi connectivity index (χ2n) is 4.91. The predicted octanol–water partition coefficient (Wildman–Crippen LogP) is 1.11. The fourth-order valence-electron chi connectivity index (χ4n) is 2.58. The Kier molecular flexibility index (Phi) is 2.46. The smallest absolute Gasteiger partial charge is 0.179 e. The fourth-order valence-corrected chi connectivity index (χ4v) is 2.58. The van der Waals surface area contributed by atoms with Crippen molar-refractivity contribution in [2.24, 2.45) is 0 Å². The van der Waals surface area contributed by atoms with Crippen LogP contribution in [0.2, 0.25) is 0 Å². The number of nitrogens with zero attached hydrogens (tertiary/aromatic N) is 3. The van der Waals surface area contributed by atoms with Crippen molar-refractivity contribution >= 4 is 17.0 Å². The number of fused-ring (bicyclic) bond motifs is 2. The van der Waals surface area contributed by atoms with Gasteiger partial charge in [0.15, 0.2) is 5.65 Å². The number of anilines is 1. The average Bonchev–Trinajstić information content (AvgIpc) is 3.11. The summed E-state index contributed by atoms with van der Waals surface area (Å²) >= 11 is 0. The molecule has 4 N–H and O–H groups in total. The van der Waals surface area contributed by atoms with Gasteiger partial charge in [-0.15, -0.1) is 0 Å².